The van der Waals surface area contributed by atoms with Gasteiger partial charge in [-0.3, -0.25) is 4.79 Å². The lowest BCUT2D eigenvalue weighted by Gasteiger charge is -2.28. The van der Waals surface area contributed by atoms with Crippen LogP contribution in [0.1, 0.15) is 5.56 Å². The number of carbonyl (C=O) groups is 1. The number of hydrogen-bond acceptors (Lipinski definition) is 3. The largest absolute Gasteiger partial charge is 0.378 e. The number of benzene rings is 2. The number of nitrogens with zero attached hydrogens (tertiary/aromatic N) is 1. The van der Waals surface area contributed by atoms with E-state index in [0.29, 0.717) is 17.1 Å². The molecule has 0 aliphatic carbocycles. The van der Waals surface area contributed by atoms with Crippen molar-refractivity contribution in [2.24, 2.45) is 0 Å². The van der Waals surface area contributed by atoms with Gasteiger partial charge in [-0.05, 0) is 36.4 Å². The number of nitrogens with one attached hydrogen (secondary N) is 2. The molecule has 27 heavy (non-hydrogen) atoms. The lowest BCUT2D eigenvalue weighted by molar-refractivity contribution is -0.885. The first kappa shape index (κ1) is 19.6. The van der Waals surface area contributed by atoms with E-state index in [1.165, 1.54) is 6.07 Å². The van der Waals surface area contributed by atoms with Crippen LogP contribution in [0.4, 0.5) is 15.8 Å². The van der Waals surface area contributed by atoms with Gasteiger partial charge >= 0.3 is 0 Å². The molecule has 1 saturated heterocycles. The number of likely N-dealkylation sites (N-methyl/N-ethyl adjacent to an activating group) is 1. The summed E-state index contributed by atoms with van der Waals surface area (Å²) in [6.45, 7) is 3.78. The quantitative estimate of drug-likeness (QED) is 0.790. The van der Waals surface area contributed by atoms with Gasteiger partial charge in [-0.2, -0.15) is 0 Å². The Hall–Kier alpha value is -2.15. The van der Waals surface area contributed by atoms with Crippen LogP contribution < -0.4 is 15.1 Å². The average Bonchev–Trinajstić information content (AvgIpc) is 2.66. The number of ether oxygens (including phenoxy) is 1. The molecule has 0 saturated carbocycles. The SMILES string of the molecule is C[NH+](CC(=O)Nc1ccc(N2CCOCC2)cc1)Cc1c(F)cccc1Cl. The van der Waals surface area contributed by atoms with Gasteiger partial charge in [-0.25, -0.2) is 4.39 Å². The number of halogens is 2. The van der Waals surface area contributed by atoms with E-state index in [4.69, 9.17) is 16.3 Å². The lowest BCUT2D eigenvalue weighted by Crippen LogP contribution is -3.08. The number of morpholine rings is 1. The van der Waals surface area contributed by atoms with Crippen LogP contribution in [-0.2, 0) is 16.1 Å². The van der Waals surface area contributed by atoms with Gasteiger partial charge in [-0.15, -0.1) is 0 Å². The number of quaternary nitrogens is 1. The Kier molecular flexibility index (Phi) is 6.66. The number of anilines is 2. The van der Waals surface area contributed by atoms with E-state index in [0.717, 1.165) is 42.6 Å². The highest BCUT2D eigenvalue weighted by Crippen LogP contribution is 2.19. The van der Waals surface area contributed by atoms with Crippen LogP contribution in [0.15, 0.2) is 42.5 Å². The Morgan fingerprint density at radius 3 is 2.59 bits per heavy atom. The van der Waals surface area contributed by atoms with Crippen molar-refractivity contribution < 1.29 is 18.8 Å². The van der Waals surface area contributed by atoms with Crippen molar-refractivity contribution in [2.45, 2.75) is 6.54 Å². The number of amides is 1. The van der Waals surface area contributed by atoms with Crippen LogP contribution in [-0.4, -0.2) is 45.8 Å². The minimum Gasteiger partial charge on any atom is -0.378 e. The molecule has 2 aromatic rings. The van der Waals surface area contributed by atoms with Gasteiger partial charge in [0, 0.05) is 24.5 Å². The summed E-state index contributed by atoms with van der Waals surface area (Å²) in [7, 11) is 1.84. The van der Waals surface area contributed by atoms with Crippen molar-refractivity contribution in [1.82, 2.24) is 0 Å². The fraction of sp³-hybridized carbons (Fsp3) is 0.350. The fourth-order valence-corrected chi connectivity index (χ4v) is 3.35. The normalized spacial score (nSPS) is 15.4. The molecule has 144 valence electrons. The minimum absolute atomic E-state index is 0.126. The first-order valence-corrected chi connectivity index (χ1v) is 9.37. The van der Waals surface area contributed by atoms with E-state index < -0.39 is 0 Å². The predicted octanol–water partition coefficient (Wildman–Crippen LogP) is 1.97. The highest BCUT2D eigenvalue weighted by atomic mass is 35.5. The molecule has 3 rings (SSSR count). The van der Waals surface area contributed by atoms with Crippen LogP contribution in [0.5, 0.6) is 0 Å². The fourth-order valence-electron chi connectivity index (χ4n) is 3.12. The Morgan fingerprint density at radius 2 is 1.93 bits per heavy atom. The van der Waals surface area contributed by atoms with Crippen molar-refractivity contribution in [2.75, 3.05) is 50.1 Å². The Labute approximate surface area is 163 Å². The van der Waals surface area contributed by atoms with Gasteiger partial charge in [0.15, 0.2) is 6.54 Å². The molecule has 0 spiro atoms. The zero-order valence-corrected chi connectivity index (χ0v) is 16.1. The van der Waals surface area contributed by atoms with Crippen LogP contribution in [0.2, 0.25) is 5.02 Å². The maximum absolute atomic E-state index is 13.9. The van der Waals surface area contributed by atoms with Crippen LogP contribution in [0.25, 0.3) is 0 Å². The van der Waals surface area contributed by atoms with Gasteiger partial charge < -0.3 is 19.9 Å². The molecule has 1 amide bonds. The minimum atomic E-state index is -0.346. The summed E-state index contributed by atoms with van der Waals surface area (Å²) in [5.74, 6) is -0.472. The van der Waals surface area contributed by atoms with E-state index in [1.807, 2.05) is 31.3 Å². The highest BCUT2D eigenvalue weighted by molar-refractivity contribution is 6.31. The predicted molar refractivity (Wildman–Crippen MR) is 105 cm³/mol. The van der Waals surface area contributed by atoms with E-state index in [2.05, 4.69) is 10.2 Å². The monoisotopic (exact) mass is 392 g/mol. The Bertz CT molecular complexity index is 759. The van der Waals surface area contributed by atoms with Crippen molar-refractivity contribution >= 4 is 28.9 Å². The molecular formula is C20H24ClFN3O2+. The summed E-state index contributed by atoms with van der Waals surface area (Å²) in [5, 5.41) is 3.27. The second-order valence-corrected chi connectivity index (χ2v) is 7.11. The van der Waals surface area contributed by atoms with Gasteiger partial charge in [0.25, 0.3) is 5.91 Å². The maximum Gasteiger partial charge on any atom is 0.279 e. The molecule has 5 nitrogen and oxygen atoms in total. The smallest absolute Gasteiger partial charge is 0.279 e. The number of carbonyl (C=O) groups excluding carboxylic acids is 1. The van der Waals surface area contributed by atoms with Gasteiger partial charge in [0.2, 0.25) is 0 Å². The molecule has 2 aromatic carbocycles. The third-order valence-electron chi connectivity index (χ3n) is 4.53. The molecule has 1 heterocycles. The van der Waals surface area contributed by atoms with Crippen molar-refractivity contribution in [1.29, 1.82) is 0 Å². The van der Waals surface area contributed by atoms with Crippen LogP contribution in [0.3, 0.4) is 0 Å². The van der Waals surface area contributed by atoms with Gasteiger partial charge in [0.05, 0.1) is 30.8 Å². The maximum atomic E-state index is 13.9. The molecule has 1 unspecified atom stereocenters. The second-order valence-electron chi connectivity index (χ2n) is 6.71. The molecule has 2 N–H and O–H groups in total. The average molecular weight is 393 g/mol. The Balaban J connectivity index is 1.52. The molecule has 0 bridgehead atoms. The van der Waals surface area contributed by atoms with Gasteiger partial charge in [-0.1, -0.05) is 17.7 Å². The summed E-state index contributed by atoms with van der Waals surface area (Å²) < 4.78 is 19.2. The molecule has 1 aliphatic rings. The van der Waals surface area contributed by atoms with Crippen molar-refractivity contribution in [3.8, 4) is 0 Å². The van der Waals surface area contributed by atoms with Crippen molar-refractivity contribution in [3.63, 3.8) is 0 Å². The summed E-state index contributed by atoms with van der Waals surface area (Å²) in [6, 6.07) is 12.4. The number of hydrogen-bond donors (Lipinski definition) is 2. The van der Waals surface area contributed by atoms with Gasteiger partial charge in [0.1, 0.15) is 12.4 Å². The van der Waals surface area contributed by atoms with Crippen LogP contribution >= 0.6 is 11.6 Å². The first-order valence-electron chi connectivity index (χ1n) is 9.00. The topological polar surface area (TPSA) is 46.0 Å². The summed E-state index contributed by atoms with van der Waals surface area (Å²) >= 11 is 6.05. The molecule has 0 aromatic heterocycles. The standard InChI is InChI=1S/C20H23ClFN3O2/c1-24(13-17-18(21)3-2-4-19(17)22)14-20(26)23-15-5-7-16(8-6-15)25-9-11-27-12-10-25/h2-8H,9-14H2,1H3,(H,23,26)/p+1. The molecule has 0 radical (unpaired) electrons. The van der Waals surface area contributed by atoms with E-state index in [9.17, 15) is 9.18 Å². The zero-order valence-electron chi connectivity index (χ0n) is 15.3. The Morgan fingerprint density at radius 1 is 1.22 bits per heavy atom. The lowest BCUT2D eigenvalue weighted by atomic mass is 10.2. The van der Waals surface area contributed by atoms with Crippen LogP contribution in [0, 0.1) is 5.82 Å². The highest BCUT2D eigenvalue weighted by Gasteiger charge is 2.16. The summed E-state index contributed by atoms with van der Waals surface area (Å²) in [5.41, 5.74) is 2.29. The molecule has 7 heteroatoms. The van der Waals surface area contributed by atoms with E-state index >= 15 is 0 Å². The molecular weight excluding hydrogens is 369 g/mol. The zero-order chi connectivity index (χ0) is 19.2. The molecule has 1 aliphatic heterocycles. The van der Waals surface area contributed by atoms with Crippen molar-refractivity contribution in [3.05, 3.63) is 58.9 Å². The second kappa shape index (κ2) is 9.17. The molecule has 1 fully saturated rings. The number of rotatable bonds is 6. The first-order chi connectivity index (χ1) is 13.0. The van der Waals surface area contributed by atoms with E-state index in [1.54, 1.807) is 12.1 Å². The third kappa shape index (κ3) is 5.42. The third-order valence-corrected chi connectivity index (χ3v) is 4.88. The summed E-state index contributed by atoms with van der Waals surface area (Å²) in [6.07, 6.45) is 0. The molecule has 1 atom stereocenters. The summed E-state index contributed by atoms with van der Waals surface area (Å²) in [4.78, 5) is 15.4. The van der Waals surface area contributed by atoms with E-state index in [-0.39, 0.29) is 18.3 Å².